The molecule has 8 heteroatoms. The molecule has 0 unspecified atom stereocenters. The van der Waals surface area contributed by atoms with Crippen LogP contribution in [0.2, 0.25) is 0 Å². The fraction of sp³-hybridized carbons (Fsp3) is 0.133. The van der Waals surface area contributed by atoms with Crippen LogP contribution in [0.25, 0.3) is 5.82 Å². The molecule has 0 fully saturated rings. The summed E-state index contributed by atoms with van der Waals surface area (Å²) >= 11 is 0. The summed E-state index contributed by atoms with van der Waals surface area (Å²) in [5.74, 6) is 0.318. The number of amides is 1. The average Bonchev–Trinajstić information content (AvgIpc) is 3.12. The lowest BCUT2D eigenvalue weighted by Gasteiger charge is -2.08. The number of hydrogen-bond donors (Lipinski definition) is 1. The Kier molecular flexibility index (Phi) is 4.23. The molecular weight excluding hydrogens is 296 g/mol. The monoisotopic (exact) mass is 310 g/mol. The van der Waals surface area contributed by atoms with Gasteiger partial charge in [-0.2, -0.15) is 5.10 Å². The molecule has 0 spiro atoms. The van der Waals surface area contributed by atoms with Crippen molar-refractivity contribution in [3.05, 3.63) is 71.0 Å². The molecule has 116 valence electrons. The summed E-state index contributed by atoms with van der Waals surface area (Å²) < 4.78 is 2.86. The Morgan fingerprint density at radius 3 is 2.70 bits per heavy atom. The van der Waals surface area contributed by atoms with E-state index in [2.05, 4.69) is 20.5 Å². The minimum Gasteiger partial charge on any atom is -0.350 e. The highest BCUT2D eigenvalue weighted by molar-refractivity contribution is 5.93. The number of carbonyl (C=O) groups excluding carboxylic acids is 1. The lowest BCUT2D eigenvalue weighted by atomic mass is 10.2. The van der Waals surface area contributed by atoms with Gasteiger partial charge in [0.05, 0.1) is 6.54 Å². The van der Waals surface area contributed by atoms with E-state index in [1.165, 1.54) is 10.7 Å². The van der Waals surface area contributed by atoms with Crippen molar-refractivity contribution in [3.8, 4) is 5.82 Å². The smallest absolute Gasteiger partial charge is 0.266 e. The number of carbonyl (C=O) groups is 1. The summed E-state index contributed by atoms with van der Waals surface area (Å²) in [6, 6.07) is 8.04. The summed E-state index contributed by atoms with van der Waals surface area (Å²) in [6.07, 6.45) is 6.47. The molecule has 23 heavy (non-hydrogen) atoms. The Morgan fingerprint density at radius 1 is 1.13 bits per heavy atom. The van der Waals surface area contributed by atoms with E-state index in [0.29, 0.717) is 11.4 Å². The zero-order chi connectivity index (χ0) is 16.1. The largest absolute Gasteiger partial charge is 0.350 e. The second-order valence-corrected chi connectivity index (χ2v) is 4.70. The number of hydrogen-bond acceptors (Lipinski definition) is 5. The molecule has 0 aliphatic rings. The number of rotatable bonds is 5. The van der Waals surface area contributed by atoms with Crippen LogP contribution < -0.4 is 10.9 Å². The maximum absolute atomic E-state index is 11.9. The zero-order valence-corrected chi connectivity index (χ0v) is 12.2. The molecule has 0 atom stereocenters. The number of pyridine rings is 1. The standard InChI is InChI=1S/C15H14N6O2/c22-14-3-2-13(20-10-1-6-18-20)19-21(14)11-9-17-15(23)12-4-7-16-8-5-12/h1-8,10H,9,11H2,(H,17,23). The Labute approximate surface area is 131 Å². The highest BCUT2D eigenvalue weighted by Gasteiger charge is 2.06. The third kappa shape index (κ3) is 3.49. The van der Waals surface area contributed by atoms with Gasteiger partial charge in [0.2, 0.25) is 0 Å². The molecule has 0 radical (unpaired) electrons. The van der Waals surface area contributed by atoms with Gasteiger partial charge in [0.1, 0.15) is 0 Å². The highest BCUT2D eigenvalue weighted by atomic mass is 16.2. The first-order valence-corrected chi connectivity index (χ1v) is 7.00. The quantitative estimate of drug-likeness (QED) is 0.729. The van der Waals surface area contributed by atoms with E-state index in [1.807, 2.05) is 0 Å². The van der Waals surface area contributed by atoms with Gasteiger partial charge in [0.15, 0.2) is 5.82 Å². The first kappa shape index (κ1) is 14.6. The van der Waals surface area contributed by atoms with Crippen LogP contribution in [-0.2, 0) is 6.54 Å². The Morgan fingerprint density at radius 2 is 1.96 bits per heavy atom. The minimum atomic E-state index is -0.237. The molecule has 8 nitrogen and oxygen atoms in total. The molecule has 0 aliphatic heterocycles. The van der Waals surface area contributed by atoms with E-state index in [0.717, 1.165) is 0 Å². The lowest BCUT2D eigenvalue weighted by molar-refractivity contribution is 0.0951. The van der Waals surface area contributed by atoms with Gasteiger partial charge in [0, 0.05) is 43.0 Å². The molecule has 0 bridgehead atoms. The van der Waals surface area contributed by atoms with Crippen LogP contribution in [0.4, 0.5) is 0 Å². The number of nitrogens with zero attached hydrogens (tertiary/aromatic N) is 5. The lowest BCUT2D eigenvalue weighted by Crippen LogP contribution is -2.32. The second kappa shape index (κ2) is 6.65. The van der Waals surface area contributed by atoms with Crippen molar-refractivity contribution < 1.29 is 4.79 Å². The van der Waals surface area contributed by atoms with Gasteiger partial charge in [-0.25, -0.2) is 9.36 Å². The minimum absolute atomic E-state index is 0.219. The van der Waals surface area contributed by atoms with Crippen molar-refractivity contribution in [2.24, 2.45) is 0 Å². The SMILES string of the molecule is O=C(NCCn1nc(-n2cccn2)ccc1=O)c1ccncc1. The summed E-state index contributed by atoms with van der Waals surface area (Å²) in [5, 5.41) is 11.0. The number of aromatic nitrogens is 5. The van der Waals surface area contributed by atoms with Crippen LogP contribution in [-0.4, -0.2) is 37.0 Å². The van der Waals surface area contributed by atoms with E-state index < -0.39 is 0 Å². The summed E-state index contributed by atoms with van der Waals surface area (Å²) in [4.78, 5) is 27.6. The van der Waals surface area contributed by atoms with E-state index in [4.69, 9.17) is 0 Å². The summed E-state index contributed by atoms with van der Waals surface area (Å²) in [7, 11) is 0. The van der Waals surface area contributed by atoms with Crippen molar-refractivity contribution in [1.82, 2.24) is 29.9 Å². The average molecular weight is 310 g/mol. The first-order valence-electron chi connectivity index (χ1n) is 7.00. The summed E-state index contributed by atoms with van der Waals surface area (Å²) in [5.41, 5.74) is 0.282. The van der Waals surface area contributed by atoms with Crippen LogP contribution in [0, 0.1) is 0 Å². The Hall–Kier alpha value is -3.29. The van der Waals surface area contributed by atoms with Crippen molar-refractivity contribution >= 4 is 5.91 Å². The van der Waals surface area contributed by atoms with Crippen LogP contribution in [0.3, 0.4) is 0 Å². The molecule has 1 amide bonds. The van der Waals surface area contributed by atoms with Crippen LogP contribution in [0.5, 0.6) is 0 Å². The molecule has 3 rings (SSSR count). The molecule has 3 heterocycles. The van der Waals surface area contributed by atoms with Gasteiger partial charge in [-0.15, -0.1) is 5.10 Å². The summed E-state index contributed by atoms with van der Waals surface area (Å²) in [6.45, 7) is 0.557. The second-order valence-electron chi connectivity index (χ2n) is 4.70. The van der Waals surface area contributed by atoms with E-state index in [9.17, 15) is 9.59 Å². The molecule has 0 saturated carbocycles. The maximum Gasteiger partial charge on any atom is 0.266 e. The van der Waals surface area contributed by atoms with Gasteiger partial charge in [-0.05, 0) is 24.3 Å². The van der Waals surface area contributed by atoms with Crippen molar-refractivity contribution in [3.63, 3.8) is 0 Å². The van der Waals surface area contributed by atoms with Gasteiger partial charge in [0.25, 0.3) is 11.5 Å². The molecule has 3 aromatic rings. The van der Waals surface area contributed by atoms with Crippen molar-refractivity contribution in [2.75, 3.05) is 6.54 Å². The predicted octanol–water partition coefficient (Wildman–Crippen LogP) is 0.254. The fourth-order valence-electron chi connectivity index (χ4n) is 2.01. The molecule has 1 N–H and O–H groups in total. The van der Waals surface area contributed by atoms with E-state index >= 15 is 0 Å². The topological polar surface area (TPSA) is 94.7 Å². The van der Waals surface area contributed by atoms with Gasteiger partial charge in [-0.3, -0.25) is 14.6 Å². The molecule has 3 aromatic heterocycles. The van der Waals surface area contributed by atoms with Crippen LogP contribution >= 0.6 is 0 Å². The molecular formula is C15H14N6O2. The first-order chi connectivity index (χ1) is 11.2. The van der Waals surface area contributed by atoms with E-state index in [-0.39, 0.29) is 24.6 Å². The fourth-order valence-corrected chi connectivity index (χ4v) is 2.01. The number of nitrogens with one attached hydrogen (secondary N) is 1. The van der Waals surface area contributed by atoms with Crippen molar-refractivity contribution in [2.45, 2.75) is 6.54 Å². The Balaban J connectivity index is 1.65. The van der Waals surface area contributed by atoms with Gasteiger partial charge in [-0.1, -0.05) is 0 Å². The van der Waals surface area contributed by atoms with Crippen LogP contribution in [0.1, 0.15) is 10.4 Å². The predicted molar refractivity (Wildman–Crippen MR) is 82.2 cm³/mol. The molecule has 0 aliphatic carbocycles. The van der Waals surface area contributed by atoms with Gasteiger partial charge >= 0.3 is 0 Å². The zero-order valence-electron chi connectivity index (χ0n) is 12.2. The third-order valence-corrected chi connectivity index (χ3v) is 3.14. The maximum atomic E-state index is 11.9. The van der Waals surface area contributed by atoms with Crippen LogP contribution in [0.15, 0.2) is 59.9 Å². The van der Waals surface area contributed by atoms with E-state index in [1.54, 1.807) is 53.7 Å². The third-order valence-electron chi connectivity index (χ3n) is 3.14. The van der Waals surface area contributed by atoms with Crippen molar-refractivity contribution in [1.29, 1.82) is 0 Å². The normalized spacial score (nSPS) is 10.4. The molecule has 0 aromatic carbocycles. The Bertz CT molecular complexity index is 842. The van der Waals surface area contributed by atoms with Gasteiger partial charge < -0.3 is 5.32 Å². The molecule has 0 saturated heterocycles. The highest BCUT2D eigenvalue weighted by Crippen LogP contribution is 1.98.